The van der Waals surface area contributed by atoms with Gasteiger partial charge in [0.15, 0.2) is 0 Å². The molecule has 0 unspecified atom stereocenters. The zero-order valence-electron chi connectivity index (χ0n) is 21.4. The summed E-state index contributed by atoms with van der Waals surface area (Å²) in [5.74, 6) is 0.538. The van der Waals surface area contributed by atoms with Gasteiger partial charge in [0.05, 0.1) is 10.8 Å². The minimum absolute atomic E-state index is 0.0342. The number of hydrogen-bond donors (Lipinski definition) is 2. The molecule has 33 heavy (non-hydrogen) atoms. The van der Waals surface area contributed by atoms with E-state index < -0.39 is 10.8 Å². The van der Waals surface area contributed by atoms with Crippen molar-refractivity contribution in [3.8, 4) is 0 Å². The Labute approximate surface area is 198 Å². The molecule has 184 valence electrons. The monoisotopic (exact) mass is 458 g/mol. The molecule has 0 saturated heterocycles. The van der Waals surface area contributed by atoms with Gasteiger partial charge in [-0.3, -0.25) is 19.2 Å². The van der Waals surface area contributed by atoms with Gasteiger partial charge in [0, 0.05) is 36.8 Å². The summed E-state index contributed by atoms with van der Waals surface area (Å²) < 4.78 is 0. The van der Waals surface area contributed by atoms with Crippen molar-refractivity contribution in [2.24, 2.45) is 32.5 Å². The van der Waals surface area contributed by atoms with Crippen molar-refractivity contribution in [1.29, 1.82) is 0 Å². The molecule has 0 aliphatic heterocycles. The fraction of sp³-hybridized carbons (Fsp3) is 0.852. The van der Waals surface area contributed by atoms with Crippen molar-refractivity contribution < 1.29 is 19.2 Å². The molecule has 6 heteroatoms. The van der Waals surface area contributed by atoms with Crippen molar-refractivity contribution in [1.82, 2.24) is 10.6 Å². The number of unbranched alkanes of at least 4 members (excludes halogenated alkanes) is 2. The molecule has 4 rings (SSSR count). The summed E-state index contributed by atoms with van der Waals surface area (Å²) in [7, 11) is 0. The Morgan fingerprint density at radius 2 is 1.00 bits per heavy atom. The third kappa shape index (κ3) is 2.84. The number of carbonyl (C=O) groups excluding carboxylic acids is 4. The summed E-state index contributed by atoms with van der Waals surface area (Å²) in [6.07, 6.45) is 6.51. The van der Waals surface area contributed by atoms with Crippen LogP contribution >= 0.6 is 0 Å². The normalized spacial score (nSPS) is 39.8. The van der Waals surface area contributed by atoms with Gasteiger partial charge in [-0.15, -0.1) is 0 Å². The van der Waals surface area contributed by atoms with Crippen LogP contribution in [0.15, 0.2) is 0 Å². The molecular formula is C27H42N2O4. The highest BCUT2D eigenvalue weighted by Gasteiger charge is 2.73. The molecule has 4 saturated carbocycles. The number of hydrogen-bond acceptors (Lipinski definition) is 4. The highest BCUT2D eigenvalue weighted by Crippen LogP contribution is 2.71. The average molecular weight is 459 g/mol. The van der Waals surface area contributed by atoms with Gasteiger partial charge < -0.3 is 10.6 Å². The Bertz CT molecular complexity index is 836. The first-order valence-corrected chi connectivity index (χ1v) is 12.9. The van der Waals surface area contributed by atoms with E-state index in [4.69, 9.17) is 0 Å². The minimum atomic E-state index is -0.562. The van der Waals surface area contributed by atoms with E-state index in [0.717, 1.165) is 44.9 Å². The third-order valence-corrected chi connectivity index (χ3v) is 11.7. The summed E-state index contributed by atoms with van der Waals surface area (Å²) in [5.41, 5.74) is -2.50. The second-order valence-electron chi connectivity index (χ2n) is 12.9. The van der Waals surface area contributed by atoms with E-state index in [2.05, 4.69) is 38.3 Å². The lowest BCUT2D eigenvalue weighted by Gasteiger charge is -2.38. The summed E-state index contributed by atoms with van der Waals surface area (Å²) in [5, 5.41) is 6.21. The van der Waals surface area contributed by atoms with Gasteiger partial charge in [-0.05, 0) is 55.8 Å². The number of nitrogens with one attached hydrogen (secondary N) is 2. The maximum Gasteiger partial charge on any atom is 0.227 e. The van der Waals surface area contributed by atoms with Crippen molar-refractivity contribution in [3.63, 3.8) is 0 Å². The number of rotatable bonds is 8. The van der Waals surface area contributed by atoms with Crippen LogP contribution in [0.5, 0.6) is 0 Å². The first-order valence-electron chi connectivity index (χ1n) is 12.9. The minimum Gasteiger partial charge on any atom is -0.356 e. The van der Waals surface area contributed by atoms with Crippen LogP contribution in [0.2, 0.25) is 0 Å². The van der Waals surface area contributed by atoms with Crippen molar-refractivity contribution in [3.05, 3.63) is 0 Å². The molecule has 0 heterocycles. The highest BCUT2D eigenvalue weighted by molar-refractivity contribution is 6.00. The zero-order valence-corrected chi connectivity index (χ0v) is 21.4. The van der Waals surface area contributed by atoms with E-state index >= 15 is 0 Å². The quantitative estimate of drug-likeness (QED) is 0.539. The largest absolute Gasteiger partial charge is 0.356 e. The molecule has 2 amide bonds. The van der Waals surface area contributed by atoms with E-state index in [1.807, 2.05) is 13.8 Å². The predicted molar refractivity (Wildman–Crippen MR) is 126 cm³/mol. The van der Waals surface area contributed by atoms with Gasteiger partial charge in [-0.1, -0.05) is 41.5 Å². The summed E-state index contributed by atoms with van der Waals surface area (Å²) in [6, 6.07) is 0. The standard InChI is InChI=1S/C27H42N2O4/c1-22(2)24(5)10-12-26(22,16-18(24)30)20(32)28-14-8-7-9-15-29-21(33)27-13-11-25(6,19(31)17-27)23(27,3)4/h7-17H2,1-6H3,(H,28,32)(H,29,33)/t24-,25+,26+,27-. The molecule has 4 fully saturated rings. The Hall–Kier alpha value is -1.72. The third-order valence-electron chi connectivity index (χ3n) is 11.7. The second-order valence-corrected chi connectivity index (χ2v) is 12.9. The molecule has 0 spiro atoms. The first kappa shape index (κ1) is 24.4. The second kappa shape index (κ2) is 7.39. The summed E-state index contributed by atoms with van der Waals surface area (Å²) >= 11 is 0. The lowest BCUT2D eigenvalue weighted by Crippen LogP contribution is -2.47. The molecule has 0 aromatic heterocycles. The number of fused-ring (bicyclic) bond motifs is 4. The Balaban J connectivity index is 1.20. The van der Waals surface area contributed by atoms with Crippen LogP contribution in [0, 0.1) is 32.5 Å². The smallest absolute Gasteiger partial charge is 0.227 e. The Morgan fingerprint density at radius 1 is 0.636 bits per heavy atom. The maximum absolute atomic E-state index is 13.1. The highest BCUT2D eigenvalue weighted by atomic mass is 16.2. The molecule has 4 bridgehead atoms. The Morgan fingerprint density at radius 3 is 1.27 bits per heavy atom. The predicted octanol–water partition coefficient (Wildman–Crippen LogP) is 3.96. The Kier molecular flexibility index (Phi) is 5.46. The molecule has 0 aromatic rings. The van der Waals surface area contributed by atoms with E-state index in [1.54, 1.807) is 0 Å². The van der Waals surface area contributed by atoms with E-state index in [0.29, 0.717) is 25.9 Å². The van der Waals surface area contributed by atoms with E-state index in [9.17, 15) is 19.2 Å². The van der Waals surface area contributed by atoms with Crippen LogP contribution in [0.25, 0.3) is 0 Å². The van der Waals surface area contributed by atoms with Gasteiger partial charge in [0.2, 0.25) is 11.8 Å². The average Bonchev–Trinajstić information content (AvgIpc) is 3.20. The van der Waals surface area contributed by atoms with Crippen molar-refractivity contribution in [2.75, 3.05) is 13.1 Å². The van der Waals surface area contributed by atoms with Gasteiger partial charge in [0.25, 0.3) is 0 Å². The fourth-order valence-electron chi connectivity index (χ4n) is 7.89. The SMILES string of the molecule is CC1(C)[C@]2(C(=O)NCCCCCNC(=O)[C@]34CC[C@](C)(C(=O)C3)C4(C)C)CC[C@@]1(C)C(=O)C2. The van der Waals surface area contributed by atoms with E-state index in [1.165, 1.54) is 0 Å². The molecule has 4 atom stereocenters. The molecule has 6 nitrogen and oxygen atoms in total. The number of amides is 2. The summed E-state index contributed by atoms with van der Waals surface area (Å²) in [6.45, 7) is 13.6. The zero-order chi connectivity index (χ0) is 24.5. The molecule has 0 radical (unpaired) electrons. The molecule has 0 aromatic carbocycles. The van der Waals surface area contributed by atoms with Crippen LogP contribution in [0.1, 0.15) is 99.3 Å². The number of carbonyl (C=O) groups is 4. The molecule has 2 N–H and O–H groups in total. The molecule has 4 aliphatic carbocycles. The van der Waals surface area contributed by atoms with Crippen LogP contribution in [0.3, 0.4) is 0 Å². The van der Waals surface area contributed by atoms with Gasteiger partial charge in [-0.2, -0.15) is 0 Å². The first-order chi connectivity index (χ1) is 15.2. The van der Waals surface area contributed by atoms with E-state index in [-0.39, 0.29) is 45.0 Å². The van der Waals surface area contributed by atoms with Crippen LogP contribution in [-0.4, -0.2) is 36.5 Å². The summed E-state index contributed by atoms with van der Waals surface area (Å²) in [4.78, 5) is 51.3. The van der Waals surface area contributed by atoms with Gasteiger partial charge in [-0.25, -0.2) is 0 Å². The van der Waals surface area contributed by atoms with Crippen molar-refractivity contribution >= 4 is 23.4 Å². The fourth-order valence-corrected chi connectivity index (χ4v) is 7.89. The number of ketones is 2. The lowest BCUT2D eigenvalue weighted by molar-refractivity contribution is -0.136. The van der Waals surface area contributed by atoms with Crippen LogP contribution < -0.4 is 10.6 Å². The van der Waals surface area contributed by atoms with Crippen molar-refractivity contribution in [2.45, 2.75) is 99.3 Å². The number of Topliss-reactive ketones (excluding diaryl/α,β-unsaturated/α-hetero) is 2. The lowest BCUT2D eigenvalue weighted by atomic mass is 9.64. The topological polar surface area (TPSA) is 92.3 Å². The molecular weight excluding hydrogens is 416 g/mol. The van der Waals surface area contributed by atoms with Crippen LogP contribution in [0.4, 0.5) is 0 Å². The van der Waals surface area contributed by atoms with Crippen LogP contribution in [-0.2, 0) is 19.2 Å². The molecule has 4 aliphatic rings. The van der Waals surface area contributed by atoms with Gasteiger partial charge in [0.1, 0.15) is 11.6 Å². The maximum atomic E-state index is 13.1. The van der Waals surface area contributed by atoms with Gasteiger partial charge >= 0.3 is 0 Å².